The molecule has 0 amide bonds. The van der Waals surface area contributed by atoms with Crippen LogP contribution in [0.4, 0.5) is 0 Å². The van der Waals surface area contributed by atoms with Crippen LogP contribution < -0.4 is 11.1 Å². The first-order valence-electron chi connectivity index (χ1n) is 6.18. The maximum atomic E-state index is 5.56. The second kappa shape index (κ2) is 9.47. The fourth-order valence-electron chi connectivity index (χ4n) is 1.67. The van der Waals surface area contributed by atoms with Crippen molar-refractivity contribution < 1.29 is 0 Å². The molecule has 2 heteroatoms. The zero-order valence-corrected chi connectivity index (χ0v) is 10.2. The minimum absolute atomic E-state index is 0.671. The molecule has 14 heavy (non-hydrogen) atoms. The van der Waals surface area contributed by atoms with Crippen molar-refractivity contribution in [3.8, 4) is 0 Å². The maximum Gasteiger partial charge on any atom is 0.00360 e. The molecule has 2 nitrogen and oxygen atoms in total. The molecule has 0 aliphatic rings. The van der Waals surface area contributed by atoms with Gasteiger partial charge in [0.2, 0.25) is 0 Å². The van der Waals surface area contributed by atoms with Gasteiger partial charge in [0.1, 0.15) is 0 Å². The number of rotatable bonds is 9. The molecule has 0 saturated heterocycles. The third-order valence-electron chi connectivity index (χ3n) is 3.05. The number of hydrogen-bond acceptors (Lipinski definition) is 2. The molecule has 0 heterocycles. The lowest BCUT2D eigenvalue weighted by Gasteiger charge is -2.15. The monoisotopic (exact) mass is 200 g/mol. The summed E-state index contributed by atoms with van der Waals surface area (Å²) >= 11 is 0. The van der Waals surface area contributed by atoms with E-state index < -0.39 is 0 Å². The lowest BCUT2D eigenvalue weighted by Crippen LogP contribution is -2.26. The first-order valence-corrected chi connectivity index (χ1v) is 6.18. The van der Waals surface area contributed by atoms with E-state index in [4.69, 9.17) is 5.73 Å². The summed E-state index contributed by atoms with van der Waals surface area (Å²) in [7, 11) is 0. The van der Waals surface area contributed by atoms with Crippen LogP contribution >= 0.6 is 0 Å². The Bertz CT molecular complexity index is 115. The SMILES string of the molecule is CCC(CCN)CCCNC(C)CC. The van der Waals surface area contributed by atoms with Crippen LogP contribution in [0.5, 0.6) is 0 Å². The zero-order chi connectivity index (χ0) is 10.8. The van der Waals surface area contributed by atoms with Crippen LogP contribution in [0.3, 0.4) is 0 Å². The molecule has 0 rings (SSSR count). The van der Waals surface area contributed by atoms with Gasteiger partial charge in [-0.25, -0.2) is 0 Å². The van der Waals surface area contributed by atoms with Gasteiger partial charge in [-0.1, -0.05) is 20.3 Å². The van der Waals surface area contributed by atoms with Gasteiger partial charge < -0.3 is 11.1 Å². The summed E-state index contributed by atoms with van der Waals surface area (Å²) in [6.07, 6.45) is 6.32. The Morgan fingerprint density at radius 3 is 2.36 bits per heavy atom. The summed E-state index contributed by atoms with van der Waals surface area (Å²) in [4.78, 5) is 0. The van der Waals surface area contributed by atoms with E-state index in [1.807, 2.05) is 0 Å². The van der Waals surface area contributed by atoms with Crippen LogP contribution in [0, 0.1) is 5.92 Å². The van der Waals surface area contributed by atoms with E-state index in [-0.39, 0.29) is 0 Å². The largest absolute Gasteiger partial charge is 0.330 e. The summed E-state index contributed by atoms with van der Waals surface area (Å²) in [5, 5.41) is 3.52. The highest BCUT2D eigenvalue weighted by molar-refractivity contribution is 4.61. The van der Waals surface area contributed by atoms with E-state index in [0.717, 1.165) is 19.0 Å². The van der Waals surface area contributed by atoms with Crippen LogP contribution in [0.25, 0.3) is 0 Å². The van der Waals surface area contributed by atoms with Gasteiger partial charge in [0.15, 0.2) is 0 Å². The van der Waals surface area contributed by atoms with E-state index in [9.17, 15) is 0 Å². The van der Waals surface area contributed by atoms with Crippen molar-refractivity contribution in [2.75, 3.05) is 13.1 Å². The molecule has 3 N–H and O–H groups in total. The Balaban J connectivity index is 3.32. The Kier molecular flexibility index (Phi) is 9.42. The van der Waals surface area contributed by atoms with E-state index in [2.05, 4.69) is 26.1 Å². The average molecular weight is 200 g/mol. The van der Waals surface area contributed by atoms with Gasteiger partial charge >= 0.3 is 0 Å². The molecule has 0 aromatic rings. The molecule has 0 bridgehead atoms. The van der Waals surface area contributed by atoms with Crippen molar-refractivity contribution in [3.05, 3.63) is 0 Å². The van der Waals surface area contributed by atoms with Crippen molar-refractivity contribution in [1.29, 1.82) is 0 Å². The molecular weight excluding hydrogens is 172 g/mol. The Morgan fingerprint density at radius 1 is 1.14 bits per heavy atom. The Hall–Kier alpha value is -0.0800. The Morgan fingerprint density at radius 2 is 1.86 bits per heavy atom. The van der Waals surface area contributed by atoms with E-state index in [0.29, 0.717) is 6.04 Å². The van der Waals surface area contributed by atoms with E-state index in [1.54, 1.807) is 0 Å². The molecule has 0 spiro atoms. The lowest BCUT2D eigenvalue weighted by atomic mass is 9.97. The third-order valence-corrected chi connectivity index (χ3v) is 3.05. The molecule has 0 fully saturated rings. The first-order chi connectivity index (χ1) is 6.74. The van der Waals surface area contributed by atoms with Crippen molar-refractivity contribution >= 4 is 0 Å². The molecular formula is C12H28N2. The van der Waals surface area contributed by atoms with Crippen LogP contribution in [-0.4, -0.2) is 19.1 Å². The second-order valence-corrected chi connectivity index (χ2v) is 4.26. The number of hydrogen-bond donors (Lipinski definition) is 2. The van der Waals surface area contributed by atoms with Gasteiger partial charge in [-0.05, 0) is 51.6 Å². The highest BCUT2D eigenvalue weighted by atomic mass is 14.9. The molecule has 0 radical (unpaired) electrons. The van der Waals surface area contributed by atoms with E-state index >= 15 is 0 Å². The maximum absolute atomic E-state index is 5.56. The van der Waals surface area contributed by atoms with Crippen molar-refractivity contribution in [1.82, 2.24) is 5.32 Å². The quantitative estimate of drug-likeness (QED) is 0.561. The normalized spacial score (nSPS) is 15.4. The minimum Gasteiger partial charge on any atom is -0.330 e. The van der Waals surface area contributed by atoms with Gasteiger partial charge in [-0.15, -0.1) is 0 Å². The molecule has 2 atom stereocenters. The highest BCUT2D eigenvalue weighted by Gasteiger charge is 2.04. The number of nitrogens with one attached hydrogen (secondary N) is 1. The molecule has 2 unspecified atom stereocenters. The average Bonchev–Trinajstić information content (AvgIpc) is 2.22. The van der Waals surface area contributed by atoms with Crippen LogP contribution in [0.1, 0.15) is 52.9 Å². The predicted molar refractivity (Wildman–Crippen MR) is 64.4 cm³/mol. The summed E-state index contributed by atoms with van der Waals surface area (Å²) in [5.41, 5.74) is 5.56. The molecule has 0 aromatic heterocycles. The second-order valence-electron chi connectivity index (χ2n) is 4.26. The molecule has 0 aromatic carbocycles. The molecule has 0 aliphatic heterocycles. The standard InChI is InChI=1S/C12H28N2/c1-4-11(3)14-10-6-7-12(5-2)8-9-13/h11-12,14H,4-10,13H2,1-3H3. The van der Waals surface area contributed by atoms with Gasteiger partial charge in [-0.2, -0.15) is 0 Å². The topological polar surface area (TPSA) is 38.0 Å². The fraction of sp³-hybridized carbons (Fsp3) is 1.00. The lowest BCUT2D eigenvalue weighted by molar-refractivity contribution is 0.412. The van der Waals surface area contributed by atoms with Crippen molar-refractivity contribution in [2.45, 2.75) is 58.9 Å². The third kappa shape index (κ3) is 7.34. The summed E-state index contributed by atoms with van der Waals surface area (Å²) < 4.78 is 0. The molecule has 0 saturated carbocycles. The summed E-state index contributed by atoms with van der Waals surface area (Å²) in [6, 6.07) is 0.671. The fourth-order valence-corrected chi connectivity index (χ4v) is 1.67. The summed E-state index contributed by atoms with van der Waals surface area (Å²) in [5.74, 6) is 0.846. The minimum atomic E-state index is 0.671. The molecule has 0 aliphatic carbocycles. The van der Waals surface area contributed by atoms with Gasteiger partial charge in [0.25, 0.3) is 0 Å². The van der Waals surface area contributed by atoms with Gasteiger partial charge in [0, 0.05) is 6.04 Å². The van der Waals surface area contributed by atoms with E-state index in [1.165, 1.54) is 32.1 Å². The number of nitrogens with two attached hydrogens (primary N) is 1. The van der Waals surface area contributed by atoms with Crippen molar-refractivity contribution in [3.63, 3.8) is 0 Å². The van der Waals surface area contributed by atoms with Gasteiger partial charge in [0.05, 0.1) is 0 Å². The van der Waals surface area contributed by atoms with Crippen molar-refractivity contribution in [2.24, 2.45) is 11.7 Å². The Labute approximate surface area is 89.6 Å². The summed E-state index contributed by atoms with van der Waals surface area (Å²) in [6.45, 7) is 8.74. The van der Waals surface area contributed by atoms with Crippen LogP contribution in [0.2, 0.25) is 0 Å². The first kappa shape index (κ1) is 13.9. The predicted octanol–water partition coefficient (Wildman–Crippen LogP) is 2.53. The van der Waals surface area contributed by atoms with Crippen LogP contribution in [0.15, 0.2) is 0 Å². The smallest absolute Gasteiger partial charge is 0.00360 e. The van der Waals surface area contributed by atoms with Gasteiger partial charge in [-0.3, -0.25) is 0 Å². The zero-order valence-electron chi connectivity index (χ0n) is 10.2. The van der Waals surface area contributed by atoms with Crippen LogP contribution in [-0.2, 0) is 0 Å². The molecule has 86 valence electrons. The highest BCUT2D eigenvalue weighted by Crippen LogP contribution is 2.13.